The number of nitrogens with two attached hydrogens (primary N) is 1. The first kappa shape index (κ1) is 15.4. The Kier molecular flexibility index (Phi) is 4.11. The predicted molar refractivity (Wildman–Crippen MR) is 98.9 cm³/mol. The minimum Gasteiger partial charge on any atom is -0.357 e. The molecule has 0 amide bonds. The average Bonchev–Trinajstić information content (AvgIpc) is 3.01. The third-order valence-corrected chi connectivity index (χ3v) is 5.47. The number of H-pyrrole nitrogens is 1. The molecule has 2 aromatic heterocycles. The Bertz CT molecular complexity index is 813. The molecule has 1 fully saturated rings. The Balaban J connectivity index is 1.73. The van der Waals surface area contributed by atoms with Crippen LogP contribution in [0.15, 0.2) is 48.8 Å². The smallest absolute Gasteiger partial charge is 0.0564 e. The number of rotatable bonds is 4. The molecule has 0 radical (unpaired) electrons. The van der Waals surface area contributed by atoms with E-state index in [0.717, 1.165) is 25.7 Å². The van der Waals surface area contributed by atoms with Gasteiger partial charge in [0.1, 0.15) is 0 Å². The van der Waals surface area contributed by atoms with Crippen LogP contribution in [-0.4, -0.2) is 9.97 Å². The van der Waals surface area contributed by atoms with Gasteiger partial charge in [-0.15, -0.1) is 0 Å². The highest BCUT2D eigenvalue weighted by molar-refractivity contribution is 5.85. The number of pyridine rings is 1. The van der Waals surface area contributed by atoms with Crippen molar-refractivity contribution < 1.29 is 0 Å². The third kappa shape index (κ3) is 2.84. The number of hydrogen-bond acceptors (Lipinski definition) is 2. The van der Waals surface area contributed by atoms with Crippen molar-refractivity contribution in [2.75, 3.05) is 0 Å². The molecule has 1 saturated carbocycles. The summed E-state index contributed by atoms with van der Waals surface area (Å²) < 4.78 is 0. The van der Waals surface area contributed by atoms with E-state index in [9.17, 15) is 0 Å². The summed E-state index contributed by atoms with van der Waals surface area (Å²) in [6.07, 6.45) is 11.7. The summed E-state index contributed by atoms with van der Waals surface area (Å²) in [5.74, 6) is 0. The van der Waals surface area contributed by atoms with Gasteiger partial charge in [0.2, 0.25) is 0 Å². The molecule has 0 spiro atoms. The van der Waals surface area contributed by atoms with Crippen LogP contribution in [0.5, 0.6) is 0 Å². The van der Waals surface area contributed by atoms with E-state index in [1.165, 1.54) is 47.0 Å². The summed E-state index contributed by atoms with van der Waals surface area (Å²) in [5, 5.41) is 1.33. The zero-order valence-electron chi connectivity index (χ0n) is 14.1. The molecule has 3 nitrogen and oxygen atoms in total. The van der Waals surface area contributed by atoms with Crippen molar-refractivity contribution in [3.8, 4) is 0 Å². The molecule has 1 aliphatic rings. The van der Waals surface area contributed by atoms with E-state index >= 15 is 0 Å². The fourth-order valence-electron chi connectivity index (χ4n) is 4.14. The number of para-hydroxylation sites is 1. The molecular weight excluding hydrogens is 294 g/mol. The first-order valence-corrected chi connectivity index (χ1v) is 9.04. The molecule has 2 heterocycles. The second-order valence-electron chi connectivity index (χ2n) is 7.10. The summed E-state index contributed by atoms with van der Waals surface area (Å²) in [6, 6.07) is 12.8. The SMILES string of the molecule is NC1(c2[nH]c3ccccc3c2CCc2ccncc2)CCCCC1. The number of aromatic amines is 1. The van der Waals surface area contributed by atoms with Crippen LogP contribution in [0, 0.1) is 0 Å². The maximum atomic E-state index is 6.87. The van der Waals surface area contributed by atoms with Crippen LogP contribution in [0.4, 0.5) is 0 Å². The highest BCUT2D eigenvalue weighted by Gasteiger charge is 2.33. The van der Waals surface area contributed by atoms with Crippen molar-refractivity contribution in [3.05, 3.63) is 65.6 Å². The van der Waals surface area contributed by atoms with Gasteiger partial charge in [-0.2, -0.15) is 0 Å². The summed E-state index contributed by atoms with van der Waals surface area (Å²) in [7, 11) is 0. The normalized spacial score (nSPS) is 17.2. The Morgan fingerprint density at radius 1 is 0.958 bits per heavy atom. The number of benzene rings is 1. The molecule has 3 N–H and O–H groups in total. The fourth-order valence-corrected chi connectivity index (χ4v) is 4.14. The molecule has 0 aliphatic heterocycles. The molecule has 0 saturated heterocycles. The highest BCUT2D eigenvalue weighted by atomic mass is 14.9. The van der Waals surface area contributed by atoms with Crippen molar-refractivity contribution in [1.82, 2.24) is 9.97 Å². The summed E-state index contributed by atoms with van der Waals surface area (Å²) in [4.78, 5) is 7.79. The van der Waals surface area contributed by atoms with Crippen LogP contribution in [-0.2, 0) is 18.4 Å². The average molecular weight is 319 g/mol. The van der Waals surface area contributed by atoms with Crippen molar-refractivity contribution in [3.63, 3.8) is 0 Å². The zero-order valence-corrected chi connectivity index (χ0v) is 14.1. The third-order valence-electron chi connectivity index (χ3n) is 5.47. The van der Waals surface area contributed by atoms with Crippen LogP contribution in [0.2, 0.25) is 0 Å². The number of nitrogens with one attached hydrogen (secondary N) is 1. The van der Waals surface area contributed by atoms with Crippen molar-refractivity contribution in [2.45, 2.75) is 50.5 Å². The maximum absolute atomic E-state index is 6.87. The van der Waals surface area contributed by atoms with Crippen LogP contribution in [0.3, 0.4) is 0 Å². The van der Waals surface area contributed by atoms with E-state index in [1.54, 1.807) is 0 Å². The van der Waals surface area contributed by atoms with E-state index in [1.807, 2.05) is 12.4 Å². The van der Waals surface area contributed by atoms with Gasteiger partial charge in [0.05, 0.1) is 5.54 Å². The first-order chi connectivity index (χ1) is 11.8. The van der Waals surface area contributed by atoms with Crippen LogP contribution < -0.4 is 5.73 Å². The molecule has 24 heavy (non-hydrogen) atoms. The molecule has 3 heteroatoms. The van der Waals surface area contributed by atoms with Gasteiger partial charge in [-0.3, -0.25) is 4.98 Å². The lowest BCUT2D eigenvalue weighted by Crippen LogP contribution is -2.39. The van der Waals surface area contributed by atoms with Gasteiger partial charge >= 0.3 is 0 Å². The van der Waals surface area contributed by atoms with E-state index < -0.39 is 0 Å². The van der Waals surface area contributed by atoms with E-state index in [0.29, 0.717) is 0 Å². The monoisotopic (exact) mass is 319 g/mol. The van der Waals surface area contributed by atoms with Gasteiger partial charge in [-0.25, -0.2) is 0 Å². The largest absolute Gasteiger partial charge is 0.357 e. The second kappa shape index (κ2) is 6.40. The number of aromatic nitrogens is 2. The molecule has 4 rings (SSSR count). The lowest BCUT2D eigenvalue weighted by molar-refractivity contribution is 0.294. The minimum atomic E-state index is -0.190. The first-order valence-electron chi connectivity index (χ1n) is 9.04. The summed E-state index contributed by atoms with van der Waals surface area (Å²) >= 11 is 0. The quantitative estimate of drug-likeness (QED) is 0.745. The van der Waals surface area contributed by atoms with Crippen LogP contribution in [0.1, 0.15) is 48.9 Å². The molecule has 1 aliphatic carbocycles. The second-order valence-corrected chi connectivity index (χ2v) is 7.10. The van der Waals surface area contributed by atoms with Gasteiger partial charge in [-0.1, -0.05) is 37.5 Å². The zero-order chi connectivity index (χ0) is 16.4. The van der Waals surface area contributed by atoms with Crippen LogP contribution >= 0.6 is 0 Å². The lowest BCUT2D eigenvalue weighted by atomic mass is 9.78. The molecule has 0 unspecified atom stereocenters. The number of aryl methyl sites for hydroxylation is 2. The topological polar surface area (TPSA) is 54.7 Å². The van der Waals surface area contributed by atoms with Gasteiger partial charge in [-0.05, 0) is 55.0 Å². The van der Waals surface area contributed by atoms with Crippen molar-refractivity contribution in [1.29, 1.82) is 0 Å². The van der Waals surface area contributed by atoms with Gasteiger partial charge in [0.25, 0.3) is 0 Å². The number of nitrogens with zero attached hydrogens (tertiary/aromatic N) is 1. The standard InChI is InChI=1S/C21H25N3/c22-21(12-4-1-5-13-21)20-18(9-8-16-10-14-23-15-11-16)17-6-2-3-7-19(17)24-20/h2-3,6-7,10-11,14-15,24H,1,4-5,8-9,12-13,22H2. The van der Waals surface area contributed by atoms with Crippen LogP contribution in [0.25, 0.3) is 10.9 Å². The summed E-state index contributed by atoms with van der Waals surface area (Å²) in [5.41, 5.74) is 11.9. The Morgan fingerprint density at radius 3 is 2.50 bits per heavy atom. The predicted octanol–water partition coefficient (Wildman–Crippen LogP) is 4.47. The van der Waals surface area contributed by atoms with Gasteiger partial charge in [0.15, 0.2) is 0 Å². The minimum absolute atomic E-state index is 0.190. The summed E-state index contributed by atoms with van der Waals surface area (Å²) in [6.45, 7) is 0. The Morgan fingerprint density at radius 2 is 1.71 bits per heavy atom. The maximum Gasteiger partial charge on any atom is 0.0564 e. The number of hydrogen-bond donors (Lipinski definition) is 2. The van der Waals surface area contributed by atoms with Gasteiger partial charge in [0, 0.05) is 29.0 Å². The number of fused-ring (bicyclic) bond motifs is 1. The molecular formula is C21H25N3. The molecule has 3 aromatic rings. The molecule has 1 aromatic carbocycles. The highest BCUT2D eigenvalue weighted by Crippen LogP contribution is 2.38. The lowest BCUT2D eigenvalue weighted by Gasteiger charge is -2.34. The Labute approximate surface area is 143 Å². The van der Waals surface area contributed by atoms with Gasteiger partial charge < -0.3 is 10.7 Å². The molecule has 0 bridgehead atoms. The molecule has 0 atom stereocenters. The van der Waals surface area contributed by atoms with E-state index in [-0.39, 0.29) is 5.54 Å². The van der Waals surface area contributed by atoms with Crippen molar-refractivity contribution >= 4 is 10.9 Å². The van der Waals surface area contributed by atoms with Crippen molar-refractivity contribution in [2.24, 2.45) is 5.73 Å². The van der Waals surface area contributed by atoms with E-state index in [2.05, 4.69) is 46.4 Å². The van der Waals surface area contributed by atoms with E-state index in [4.69, 9.17) is 5.73 Å². The Hall–Kier alpha value is -2.13. The molecule has 124 valence electrons. The fraction of sp³-hybridized carbons (Fsp3) is 0.381.